The van der Waals surface area contributed by atoms with Crippen molar-refractivity contribution < 1.29 is 27.1 Å². The third-order valence-corrected chi connectivity index (χ3v) is 4.99. The first-order valence-corrected chi connectivity index (χ1v) is 10.0. The Bertz CT molecular complexity index is 1020. The molecule has 0 saturated carbocycles. The lowest BCUT2D eigenvalue weighted by Gasteiger charge is -2.09. The van der Waals surface area contributed by atoms with Crippen LogP contribution in [0.25, 0.3) is 0 Å². The Kier molecular flexibility index (Phi) is 6.94. The molecular weight excluding hydrogens is 417 g/mol. The number of nitrogens with one attached hydrogen (secondary N) is 1. The first kappa shape index (κ1) is 21.6. The number of ether oxygens (including phenoxy) is 1. The Morgan fingerprint density at radius 3 is 2.87 bits per heavy atom. The van der Waals surface area contributed by atoms with E-state index in [0.29, 0.717) is 17.1 Å². The van der Waals surface area contributed by atoms with Gasteiger partial charge in [0.25, 0.3) is 5.91 Å². The van der Waals surface area contributed by atoms with E-state index in [1.807, 2.05) is 6.07 Å². The van der Waals surface area contributed by atoms with Gasteiger partial charge in [0.2, 0.25) is 0 Å². The minimum absolute atomic E-state index is 0.0450. The largest absolute Gasteiger partial charge is 0.486 e. The second-order valence-corrected chi connectivity index (χ2v) is 7.36. The smallest absolute Gasteiger partial charge is 0.416 e. The monoisotopic (exact) mass is 436 g/mol. The predicted octanol–water partition coefficient (Wildman–Crippen LogP) is 5.66. The van der Waals surface area contributed by atoms with Crippen molar-refractivity contribution in [1.29, 1.82) is 0 Å². The Labute approximate surface area is 175 Å². The SMILES string of the molecule is CCCc1cc(C(=O)NN=Cc2ccc(COc3cccc(C(F)(F)F)c3)o2)cs1. The molecule has 0 spiro atoms. The third-order valence-electron chi connectivity index (χ3n) is 4.00. The molecule has 0 radical (unpaired) electrons. The highest BCUT2D eigenvalue weighted by atomic mass is 32.1. The maximum atomic E-state index is 12.7. The van der Waals surface area contributed by atoms with Crippen LogP contribution < -0.4 is 10.2 Å². The zero-order valence-corrected chi connectivity index (χ0v) is 16.8. The van der Waals surface area contributed by atoms with E-state index >= 15 is 0 Å². The highest BCUT2D eigenvalue weighted by Crippen LogP contribution is 2.31. The summed E-state index contributed by atoms with van der Waals surface area (Å²) in [6.45, 7) is 2.03. The highest BCUT2D eigenvalue weighted by Gasteiger charge is 2.30. The van der Waals surface area contributed by atoms with E-state index in [1.165, 1.54) is 29.7 Å². The lowest BCUT2D eigenvalue weighted by molar-refractivity contribution is -0.137. The molecule has 2 aromatic heterocycles. The standard InChI is InChI=1S/C21H19F3N2O3S/c1-2-4-19-9-14(13-30-19)20(27)26-25-11-17-7-8-18(29-17)12-28-16-6-3-5-15(10-16)21(22,23)24/h3,5-11,13H,2,4,12H2,1H3,(H,26,27). The van der Waals surface area contributed by atoms with Gasteiger partial charge in [0.05, 0.1) is 17.3 Å². The molecule has 30 heavy (non-hydrogen) atoms. The number of hydrazone groups is 1. The van der Waals surface area contributed by atoms with Gasteiger partial charge >= 0.3 is 6.18 Å². The van der Waals surface area contributed by atoms with Gasteiger partial charge in [-0.3, -0.25) is 4.79 Å². The van der Waals surface area contributed by atoms with Crippen LogP contribution in [-0.4, -0.2) is 12.1 Å². The molecular formula is C21H19F3N2O3S. The Morgan fingerprint density at radius 1 is 1.27 bits per heavy atom. The lowest BCUT2D eigenvalue weighted by Crippen LogP contribution is -2.16. The van der Waals surface area contributed by atoms with Crippen molar-refractivity contribution in [1.82, 2.24) is 5.43 Å². The number of thiophene rings is 1. The summed E-state index contributed by atoms with van der Waals surface area (Å²) >= 11 is 1.53. The maximum absolute atomic E-state index is 12.7. The number of hydrogen-bond acceptors (Lipinski definition) is 5. The number of amides is 1. The number of furan rings is 1. The van der Waals surface area contributed by atoms with Gasteiger partial charge in [0.15, 0.2) is 0 Å². The third kappa shape index (κ3) is 5.96. The topological polar surface area (TPSA) is 63.8 Å². The normalized spacial score (nSPS) is 11.7. The number of benzene rings is 1. The lowest BCUT2D eigenvalue weighted by atomic mass is 10.2. The second kappa shape index (κ2) is 9.62. The molecule has 1 N–H and O–H groups in total. The van der Waals surface area contributed by atoms with E-state index in [2.05, 4.69) is 17.5 Å². The summed E-state index contributed by atoms with van der Waals surface area (Å²) in [6, 6.07) is 9.69. The predicted molar refractivity (Wildman–Crippen MR) is 108 cm³/mol. The second-order valence-electron chi connectivity index (χ2n) is 6.37. The molecule has 0 fully saturated rings. The van der Waals surface area contributed by atoms with Crippen LogP contribution in [-0.2, 0) is 19.2 Å². The van der Waals surface area contributed by atoms with Crippen LogP contribution >= 0.6 is 11.3 Å². The van der Waals surface area contributed by atoms with Gasteiger partial charge in [-0.05, 0) is 42.8 Å². The zero-order valence-electron chi connectivity index (χ0n) is 16.0. The van der Waals surface area contributed by atoms with Crippen molar-refractivity contribution >= 4 is 23.5 Å². The molecule has 5 nitrogen and oxygen atoms in total. The summed E-state index contributed by atoms with van der Waals surface area (Å²) in [5.41, 5.74) is 2.20. The van der Waals surface area contributed by atoms with E-state index in [0.717, 1.165) is 29.9 Å². The number of carbonyl (C=O) groups excluding carboxylic acids is 1. The van der Waals surface area contributed by atoms with Gasteiger partial charge in [-0.25, -0.2) is 5.43 Å². The summed E-state index contributed by atoms with van der Waals surface area (Å²) in [6.07, 6.45) is -1.15. The van der Waals surface area contributed by atoms with E-state index in [-0.39, 0.29) is 18.3 Å². The molecule has 1 aromatic carbocycles. The van der Waals surface area contributed by atoms with Gasteiger partial charge in [-0.1, -0.05) is 19.4 Å². The van der Waals surface area contributed by atoms with Crippen molar-refractivity contribution in [3.8, 4) is 5.75 Å². The van der Waals surface area contributed by atoms with Crippen molar-refractivity contribution in [2.75, 3.05) is 0 Å². The average Bonchev–Trinajstić information content (AvgIpc) is 3.36. The number of rotatable bonds is 8. The number of nitrogens with zero attached hydrogens (tertiary/aromatic N) is 1. The fourth-order valence-electron chi connectivity index (χ4n) is 2.55. The summed E-state index contributed by atoms with van der Waals surface area (Å²) in [5.74, 6) is 0.545. The van der Waals surface area contributed by atoms with Gasteiger partial charge in [-0.15, -0.1) is 11.3 Å². The Balaban J connectivity index is 1.51. The van der Waals surface area contributed by atoms with Crippen LogP contribution in [0.4, 0.5) is 13.2 Å². The number of aryl methyl sites for hydroxylation is 1. The quantitative estimate of drug-likeness (QED) is 0.366. The molecule has 2 heterocycles. The minimum atomic E-state index is -4.43. The Hall–Kier alpha value is -3.07. The molecule has 0 aliphatic heterocycles. The van der Waals surface area contributed by atoms with Crippen LogP contribution in [0, 0.1) is 0 Å². The average molecular weight is 436 g/mol. The summed E-state index contributed by atoms with van der Waals surface area (Å²) in [5, 5.41) is 5.65. The highest BCUT2D eigenvalue weighted by molar-refractivity contribution is 7.10. The number of hydrogen-bond donors (Lipinski definition) is 1. The molecule has 0 unspecified atom stereocenters. The Morgan fingerprint density at radius 2 is 2.10 bits per heavy atom. The summed E-state index contributed by atoms with van der Waals surface area (Å²) < 4.78 is 49.0. The summed E-state index contributed by atoms with van der Waals surface area (Å²) in [4.78, 5) is 13.2. The number of alkyl halides is 3. The first-order chi connectivity index (χ1) is 14.3. The molecule has 158 valence electrons. The molecule has 1 amide bonds. The van der Waals surface area contributed by atoms with Gasteiger partial charge < -0.3 is 9.15 Å². The van der Waals surface area contributed by atoms with Crippen molar-refractivity contribution in [2.45, 2.75) is 32.5 Å². The van der Waals surface area contributed by atoms with E-state index in [9.17, 15) is 18.0 Å². The fraction of sp³-hybridized carbons (Fsp3) is 0.238. The van der Waals surface area contributed by atoms with Crippen LogP contribution in [0.5, 0.6) is 5.75 Å². The van der Waals surface area contributed by atoms with E-state index < -0.39 is 11.7 Å². The summed E-state index contributed by atoms with van der Waals surface area (Å²) in [7, 11) is 0. The molecule has 0 atom stereocenters. The number of carbonyl (C=O) groups is 1. The molecule has 3 aromatic rings. The van der Waals surface area contributed by atoms with Crippen LogP contribution in [0.3, 0.4) is 0 Å². The van der Waals surface area contributed by atoms with Crippen molar-refractivity contribution in [2.24, 2.45) is 5.10 Å². The fourth-order valence-corrected chi connectivity index (χ4v) is 3.52. The van der Waals surface area contributed by atoms with E-state index in [4.69, 9.17) is 9.15 Å². The van der Waals surface area contributed by atoms with Crippen molar-refractivity contribution in [3.63, 3.8) is 0 Å². The molecule has 0 saturated heterocycles. The van der Waals surface area contributed by atoms with Crippen LogP contribution in [0.2, 0.25) is 0 Å². The maximum Gasteiger partial charge on any atom is 0.416 e. The molecule has 9 heteroatoms. The zero-order chi connectivity index (χ0) is 21.6. The van der Waals surface area contributed by atoms with Crippen molar-refractivity contribution in [3.05, 3.63) is 75.4 Å². The van der Waals surface area contributed by atoms with E-state index in [1.54, 1.807) is 17.5 Å². The molecule has 0 aliphatic carbocycles. The molecule has 3 rings (SSSR count). The molecule has 0 aliphatic rings. The van der Waals surface area contributed by atoms with Crippen LogP contribution in [0.15, 0.2) is 57.4 Å². The van der Waals surface area contributed by atoms with Gasteiger partial charge in [-0.2, -0.15) is 18.3 Å². The number of halogens is 3. The minimum Gasteiger partial charge on any atom is -0.486 e. The van der Waals surface area contributed by atoms with Gasteiger partial charge in [0.1, 0.15) is 23.9 Å². The van der Waals surface area contributed by atoms with Gasteiger partial charge in [0, 0.05) is 10.3 Å². The van der Waals surface area contributed by atoms with Crippen LogP contribution in [0.1, 0.15) is 45.7 Å². The first-order valence-electron chi connectivity index (χ1n) is 9.14. The molecule has 0 bridgehead atoms.